The Morgan fingerprint density at radius 2 is 2.05 bits per heavy atom. The monoisotopic (exact) mass is 347 g/mol. The molecule has 1 aliphatic heterocycles. The van der Waals surface area contributed by atoms with Gasteiger partial charge in [-0.1, -0.05) is 34.1 Å². The Morgan fingerprint density at radius 1 is 1.19 bits per heavy atom. The number of nitrogen functional groups attached to an aromatic ring is 1. The molecule has 2 aromatic rings. The third kappa shape index (κ3) is 2.77. The molecule has 0 aromatic heterocycles. The maximum atomic E-state index is 6.12. The number of para-hydroxylation sites is 1. The lowest BCUT2D eigenvalue weighted by molar-refractivity contribution is 0.283. The maximum Gasteiger partial charge on any atom is 0.127 e. The summed E-state index contributed by atoms with van der Waals surface area (Å²) in [6.07, 6.45) is 2.09. The second-order valence-corrected chi connectivity index (χ2v) is 6.08. The summed E-state index contributed by atoms with van der Waals surface area (Å²) in [6.45, 7) is 0.745. The lowest BCUT2D eigenvalue weighted by Crippen LogP contribution is -2.30. The Morgan fingerprint density at radius 3 is 2.86 bits per heavy atom. The quantitative estimate of drug-likeness (QED) is 0.453. The van der Waals surface area contributed by atoms with E-state index in [-0.39, 0.29) is 6.04 Å². The Balaban J connectivity index is 2.10. The van der Waals surface area contributed by atoms with Crippen molar-refractivity contribution < 1.29 is 4.74 Å². The first kappa shape index (κ1) is 14.4. The number of hydrogen-bond donors (Lipinski definition) is 3. The van der Waals surface area contributed by atoms with E-state index in [1.165, 1.54) is 5.56 Å². The van der Waals surface area contributed by atoms with Crippen LogP contribution in [0.4, 0.5) is 5.69 Å². The molecular formula is C16H18BrN3O. The van der Waals surface area contributed by atoms with Gasteiger partial charge in [0.1, 0.15) is 5.75 Å². The van der Waals surface area contributed by atoms with Gasteiger partial charge in [0.05, 0.1) is 12.6 Å². The predicted octanol–water partition coefficient (Wildman–Crippen LogP) is 2.91. The number of fused-ring (bicyclic) bond motifs is 1. The highest BCUT2D eigenvalue weighted by Gasteiger charge is 2.23. The van der Waals surface area contributed by atoms with Crippen LogP contribution in [0.15, 0.2) is 40.9 Å². The molecule has 3 rings (SSSR count). The molecule has 2 aromatic carbocycles. The number of nitrogens with two attached hydrogens (primary N) is 2. The van der Waals surface area contributed by atoms with Gasteiger partial charge in [-0.15, -0.1) is 0 Å². The molecule has 0 saturated carbocycles. The highest BCUT2D eigenvalue weighted by molar-refractivity contribution is 9.10. The fraction of sp³-hybridized carbons (Fsp3) is 0.250. The number of benzene rings is 2. The molecule has 0 saturated heterocycles. The third-order valence-electron chi connectivity index (χ3n) is 3.80. The Kier molecular flexibility index (Phi) is 4.14. The van der Waals surface area contributed by atoms with Crippen molar-refractivity contribution >= 4 is 21.6 Å². The standard InChI is InChI=1S/C16H18BrN3O/c17-11-6-7-14(18)13(9-11)15(20-19)12-5-1-3-10-4-2-8-21-16(10)12/h1,3,5-7,9,15,20H,2,4,8,18-19H2. The van der Waals surface area contributed by atoms with Crippen LogP contribution in [-0.2, 0) is 6.42 Å². The summed E-state index contributed by atoms with van der Waals surface area (Å²) in [5.74, 6) is 6.75. The molecule has 0 aliphatic carbocycles. The molecule has 0 spiro atoms. The molecule has 1 atom stereocenters. The summed E-state index contributed by atoms with van der Waals surface area (Å²) in [5.41, 5.74) is 12.9. The zero-order chi connectivity index (χ0) is 14.8. The van der Waals surface area contributed by atoms with Crippen LogP contribution >= 0.6 is 15.9 Å². The first-order valence-corrected chi connectivity index (χ1v) is 7.75. The molecule has 110 valence electrons. The van der Waals surface area contributed by atoms with E-state index in [0.29, 0.717) is 5.69 Å². The number of hydrogen-bond acceptors (Lipinski definition) is 4. The first-order valence-electron chi connectivity index (χ1n) is 6.96. The molecule has 1 heterocycles. The molecule has 5 heteroatoms. The number of anilines is 1. The fourth-order valence-electron chi connectivity index (χ4n) is 2.78. The predicted molar refractivity (Wildman–Crippen MR) is 88.0 cm³/mol. The summed E-state index contributed by atoms with van der Waals surface area (Å²) in [4.78, 5) is 0. The van der Waals surface area contributed by atoms with Crippen LogP contribution in [0.25, 0.3) is 0 Å². The topological polar surface area (TPSA) is 73.3 Å². The lowest BCUT2D eigenvalue weighted by atomic mass is 9.93. The number of rotatable bonds is 3. The normalized spacial score (nSPS) is 15.1. The summed E-state index contributed by atoms with van der Waals surface area (Å²) < 4.78 is 6.85. The molecule has 0 fully saturated rings. The number of nitrogens with one attached hydrogen (secondary N) is 1. The summed E-state index contributed by atoms with van der Waals surface area (Å²) in [5, 5.41) is 0. The zero-order valence-electron chi connectivity index (χ0n) is 11.6. The van der Waals surface area contributed by atoms with Gasteiger partial charge in [-0.25, -0.2) is 5.43 Å². The molecule has 5 N–H and O–H groups in total. The van der Waals surface area contributed by atoms with Gasteiger partial charge in [-0.3, -0.25) is 5.84 Å². The maximum absolute atomic E-state index is 6.12. The van der Waals surface area contributed by atoms with Crippen LogP contribution < -0.4 is 21.7 Å². The van der Waals surface area contributed by atoms with Crippen molar-refractivity contribution in [2.75, 3.05) is 12.3 Å². The minimum absolute atomic E-state index is 0.199. The Labute approximate surface area is 132 Å². The number of ether oxygens (including phenoxy) is 1. The highest BCUT2D eigenvalue weighted by Crippen LogP contribution is 2.37. The number of halogens is 1. The molecule has 0 radical (unpaired) electrons. The van der Waals surface area contributed by atoms with Crippen molar-refractivity contribution in [2.45, 2.75) is 18.9 Å². The SMILES string of the molecule is NNC(c1cc(Br)ccc1N)c1cccc2c1OCCC2. The van der Waals surface area contributed by atoms with Crippen LogP contribution in [0.3, 0.4) is 0 Å². The van der Waals surface area contributed by atoms with Crippen molar-refractivity contribution in [3.05, 3.63) is 57.6 Å². The van der Waals surface area contributed by atoms with E-state index < -0.39 is 0 Å². The number of aryl methyl sites for hydroxylation is 1. The van der Waals surface area contributed by atoms with Crippen LogP contribution in [-0.4, -0.2) is 6.61 Å². The van der Waals surface area contributed by atoms with Gasteiger partial charge in [-0.05, 0) is 42.2 Å². The molecule has 4 nitrogen and oxygen atoms in total. The van der Waals surface area contributed by atoms with E-state index in [1.807, 2.05) is 30.3 Å². The highest BCUT2D eigenvalue weighted by atomic mass is 79.9. The second-order valence-electron chi connectivity index (χ2n) is 5.16. The smallest absolute Gasteiger partial charge is 0.127 e. The van der Waals surface area contributed by atoms with Gasteiger partial charge in [0.25, 0.3) is 0 Å². The molecule has 1 aliphatic rings. The van der Waals surface area contributed by atoms with Crippen molar-refractivity contribution in [1.82, 2.24) is 5.43 Å². The van der Waals surface area contributed by atoms with Gasteiger partial charge in [0.2, 0.25) is 0 Å². The average molecular weight is 348 g/mol. The van der Waals surface area contributed by atoms with Crippen LogP contribution in [0.1, 0.15) is 29.2 Å². The lowest BCUT2D eigenvalue weighted by Gasteiger charge is -2.26. The summed E-state index contributed by atoms with van der Waals surface area (Å²) >= 11 is 3.49. The summed E-state index contributed by atoms with van der Waals surface area (Å²) in [7, 11) is 0. The Bertz CT molecular complexity index is 660. The van der Waals surface area contributed by atoms with Crippen molar-refractivity contribution in [1.29, 1.82) is 0 Å². The van der Waals surface area contributed by atoms with E-state index in [9.17, 15) is 0 Å². The zero-order valence-corrected chi connectivity index (χ0v) is 13.2. The molecule has 21 heavy (non-hydrogen) atoms. The van der Waals surface area contributed by atoms with Gasteiger partial charge >= 0.3 is 0 Å². The van der Waals surface area contributed by atoms with E-state index in [4.69, 9.17) is 16.3 Å². The van der Waals surface area contributed by atoms with Gasteiger partial charge in [0, 0.05) is 15.7 Å². The average Bonchev–Trinajstić information content (AvgIpc) is 2.51. The first-order chi connectivity index (χ1) is 10.2. The van der Waals surface area contributed by atoms with Gasteiger partial charge in [0.15, 0.2) is 0 Å². The van der Waals surface area contributed by atoms with E-state index in [2.05, 4.69) is 27.4 Å². The van der Waals surface area contributed by atoms with E-state index >= 15 is 0 Å². The van der Waals surface area contributed by atoms with Crippen LogP contribution in [0, 0.1) is 0 Å². The molecule has 1 unspecified atom stereocenters. The molecular weight excluding hydrogens is 330 g/mol. The van der Waals surface area contributed by atoms with Crippen molar-refractivity contribution in [3.8, 4) is 5.75 Å². The van der Waals surface area contributed by atoms with Gasteiger partial charge in [-0.2, -0.15) is 0 Å². The minimum atomic E-state index is -0.199. The second kappa shape index (κ2) is 6.05. The van der Waals surface area contributed by atoms with E-state index in [1.54, 1.807) is 0 Å². The largest absolute Gasteiger partial charge is 0.493 e. The van der Waals surface area contributed by atoms with E-state index in [0.717, 1.165) is 40.8 Å². The van der Waals surface area contributed by atoms with Crippen LogP contribution in [0.5, 0.6) is 5.75 Å². The third-order valence-corrected chi connectivity index (χ3v) is 4.29. The van der Waals surface area contributed by atoms with Crippen LogP contribution in [0.2, 0.25) is 0 Å². The Hall–Kier alpha value is -1.56. The van der Waals surface area contributed by atoms with Crippen molar-refractivity contribution in [3.63, 3.8) is 0 Å². The summed E-state index contributed by atoms with van der Waals surface area (Å²) in [6, 6.07) is 11.8. The molecule has 0 bridgehead atoms. The minimum Gasteiger partial charge on any atom is -0.493 e. The number of hydrazine groups is 1. The molecule has 0 amide bonds. The van der Waals surface area contributed by atoms with Crippen molar-refractivity contribution in [2.24, 2.45) is 5.84 Å². The van der Waals surface area contributed by atoms with Gasteiger partial charge < -0.3 is 10.5 Å². The fourth-order valence-corrected chi connectivity index (χ4v) is 3.16.